The fourth-order valence-electron chi connectivity index (χ4n) is 3.36. The van der Waals surface area contributed by atoms with E-state index in [4.69, 9.17) is 4.74 Å². The van der Waals surface area contributed by atoms with E-state index in [1.54, 1.807) is 12.1 Å². The molecule has 4 nitrogen and oxygen atoms in total. The van der Waals surface area contributed by atoms with Crippen LogP contribution in [0.4, 0.5) is 10.5 Å². The van der Waals surface area contributed by atoms with Crippen LogP contribution in [0.15, 0.2) is 71.2 Å². The number of phenolic OH excluding ortho intramolecular Hbond substituents is 1. The van der Waals surface area contributed by atoms with Gasteiger partial charge in [0, 0.05) is 5.92 Å². The van der Waals surface area contributed by atoms with Crippen molar-refractivity contribution in [2.24, 2.45) is 0 Å². The Labute approximate surface area is 159 Å². The first-order valence-electron chi connectivity index (χ1n) is 8.24. The zero-order chi connectivity index (χ0) is 18.1. The second kappa shape index (κ2) is 6.84. The van der Waals surface area contributed by atoms with Gasteiger partial charge < -0.3 is 9.84 Å². The molecule has 0 heterocycles. The highest BCUT2D eigenvalue weighted by molar-refractivity contribution is 9.10. The highest BCUT2D eigenvalue weighted by Gasteiger charge is 2.29. The Kier molecular flexibility index (Phi) is 4.39. The molecule has 0 atom stereocenters. The average Bonchev–Trinajstić information content (AvgIpc) is 2.98. The van der Waals surface area contributed by atoms with Crippen LogP contribution in [0.5, 0.6) is 5.75 Å². The molecule has 1 aliphatic carbocycles. The summed E-state index contributed by atoms with van der Waals surface area (Å²) in [7, 11) is 0. The van der Waals surface area contributed by atoms with E-state index in [1.165, 1.54) is 28.3 Å². The van der Waals surface area contributed by atoms with E-state index in [0.717, 1.165) is 0 Å². The van der Waals surface area contributed by atoms with Gasteiger partial charge in [0.05, 0.1) is 10.2 Å². The first-order valence-corrected chi connectivity index (χ1v) is 9.04. The number of benzene rings is 3. The number of fused-ring (bicyclic) bond motifs is 3. The van der Waals surface area contributed by atoms with Gasteiger partial charge in [-0.05, 0) is 50.3 Å². The van der Waals surface area contributed by atoms with Gasteiger partial charge in [-0.3, -0.25) is 5.32 Å². The number of nitrogens with one attached hydrogen (secondary N) is 1. The molecule has 3 aromatic rings. The number of anilines is 1. The fourth-order valence-corrected chi connectivity index (χ4v) is 3.72. The van der Waals surface area contributed by atoms with E-state index >= 15 is 0 Å². The predicted octanol–water partition coefficient (Wildman–Crippen LogP) is 5.52. The highest BCUT2D eigenvalue weighted by atomic mass is 79.9. The smallest absolute Gasteiger partial charge is 0.411 e. The molecule has 0 saturated heterocycles. The molecule has 4 rings (SSSR count). The van der Waals surface area contributed by atoms with Crippen LogP contribution in [-0.2, 0) is 4.74 Å². The molecule has 3 aromatic carbocycles. The summed E-state index contributed by atoms with van der Waals surface area (Å²) in [6.45, 7) is 0.246. The summed E-state index contributed by atoms with van der Waals surface area (Å²) in [5.41, 5.74) is 5.17. The van der Waals surface area contributed by atoms with Crippen LogP contribution in [0, 0.1) is 0 Å². The van der Waals surface area contributed by atoms with Crippen LogP contribution in [0.3, 0.4) is 0 Å². The summed E-state index contributed by atoms with van der Waals surface area (Å²) < 4.78 is 5.91. The maximum atomic E-state index is 12.2. The first-order chi connectivity index (χ1) is 12.6. The largest absolute Gasteiger partial charge is 0.507 e. The van der Waals surface area contributed by atoms with E-state index in [9.17, 15) is 9.90 Å². The van der Waals surface area contributed by atoms with E-state index in [-0.39, 0.29) is 18.3 Å². The number of hydrogen-bond donors (Lipinski definition) is 2. The molecule has 5 heteroatoms. The highest BCUT2D eigenvalue weighted by Crippen LogP contribution is 2.44. The quantitative estimate of drug-likeness (QED) is 0.598. The summed E-state index contributed by atoms with van der Waals surface area (Å²) in [6, 6.07) is 21.3. The van der Waals surface area contributed by atoms with Crippen molar-refractivity contribution in [2.75, 3.05) is 11.9 Å². The number of aromatic hydroxyl groups is 1. The lowest BCUT2D eigenvalue weighted by Crippen LogP contribution is -2.18. The molecule has 0 aliphatic heterocycles. The molecule has 1 aliphatic rings. The van der Waals surface area contributed by atoms with Crippen LogP contribution >= 0.6 is 15.9 Å². The van der Waals surface area contributed by atoms with Crippen molar-refractivity contribution in [3.05, 3.63) is 82.3 Å². The standard InChI is InChI=1S/C21H16BrNO3/c22-20-18(10-5-11-19(20)24)23-21(25)26-12-17-15-8-3-1-6-13(15)14-7-2-4-9-16(14)17/h1-11,17,24H,12H2,(H,23,25). The topological polar surface area (TPSA) is 58.6 Å². The molecule has 0 spiro atoms. The SMILES string of the molecule is O=C(Nc1cccc(O)c1Br)OCC1c2ccccc2-c2ccccc21. The third kappa shape index (κ3) is 2.95. The molecule has 0 bridgehead atoms. The molecule has 0 aromatic heterocycles. The summed E-state index contributed by atoms with van der Waals surface area (Å²) in [5.74, 6) is 0.0715. The van der Waals surface area contributed by atoms with Crippen LogP contribution in [0.2, 0.25) is 0 Å². The first kappa shape index (κ1) is 16.7. The number of hydrogen-bond acceptors (Lipinski definition) is 3. The maximum absolute atomic E-state index is 12.2. The van der Waals surface area contributed by atoms with Crippen LogP contribution in [-0.4, -0.2) is 17.8 Å². The van der Waals surface area contributed by atoms with Gasteiger partial charge in [0.15, 0.2) is 0 Å². The normalized spacial score (nSPS) is 12.3. The van der Waals surface area contributed by atoms with Crippen molar-refractivity contribution < 1.29 is 14.6 Å². The van der Waals surface area contributed by atoms with Crippen molar-refractivity contribution in [3.8, 4) is 16.9 Å². The molecule has 2 N–H and O–H groups in total. The van der Waals surface area contributed by atoms with E-state index < -0.39 is 6.09 Å². The molecule has 0 fully saturated rings. The van der Waals surface area contributed by atoms with Gasteiger partial charge in [-0.1, -0.05) is 54.6 Å². The molecular formula is C21H16BrNO3. The number of amides is 1. The van der Waals surface area contributed by atoms with Crippen LogP contribution in [0.25, 0.3) is 11.1 Å². The van der Waals surface area contributed by atoms with Crippen molar-refractivity contribution >= 4 is 27.7 Å². The van der Waals surface area contributed by atoms with Crippen molar-refractivity contribution in [3.63, 3.8) is 0 Å². The summed E-state index contributed by atoms with van der Waals surface area (Å²) in [6.07, 6.45) is -0.557. The Bertz CT molecular complexity index is 941. The summed E-state index contributed by atoms with van der Waals surface area (Å²) in [4.78, 5) is 12.2. The van der Waals surface area contributed by atoms with Crippen molar-refractivity contribution in [1.82, 2.24) is 0 Å². The number of halogens is 1. The molecule has 130 valence electrons. The Hall–Kier alpha value is -2.79. The van der Waals surface area contributed by atoms with Gasteiger partial charge in [0.25, 0.3) is 0 Å². The minimum Gasteiger partial charge on any atom is -0.507 e. The monoisotopic (exact) mass is 409 g/mol. The Balaban J connectivity index is 1.51. The van der Waals surface area contributed by atoms with Gasteiger partial charge in [-0.2, -0.15) is 0 Å². The molecule has 1 amide bonds. The third-order valence-corrected chi connectivity index (χ3v) is 5.39. The fraction of sp³-hybridized carbons (Fsp3) is 0.0952. The molecular weight excluding hydrogens is 394 g/mol. The van der Waals surface area contributed by atoms with Gasteiger partial charge in [0.2, 0.25) is 0 Å². The van der Waals surface area contributed by atoms with Crippen LogP contribution < -0.4 is 5.32 Å². The number of carbonyl (C=O) groups is 1. The van der Waals surface area contributed by atoms with Crippen LogP contribution in [0.1, 0.15) is 17.0 Å². The van der Waals surface area contributed by atoms with Crippen molar-refractivity contribution in [1.29, 1.82) is 0 Å². The minimum atomic E-state index is -0.557. The lowest BCUT2D eigenvalue weighted by atomic mass is 9.98. The lowest BCUT2D eigenvalue weighted by molar-refractivity contribution is 0.158. The Morgan fingerprint density at radius 3 is 2.23 bits per heavy atom. The lowest BCUT2D eigenvalue weighted by Gasteiger charge is -2.15. The number of rotatable bonds is 3. The van der Waals surface area contributed by atoms with Gasteiger partial charge >= 0.3 is 6.09 Å². The van der Waals surface area contributed by atoms with Gasteiger partial charge in [0.1, 0.15) is 12.4 Å². The van der Waals surface area contributed by atoms with Gasteiger partial charge in [-0.25, -0.2) is 4.79 Å². The second-order valence-corrected chi connectivity index (χ2v) is 6.88. The molecule has 0 radical (unpaired) electrons. The Morgan fingerprint density at radius 1 is 0.962 bits per heavy atom. The summed E-state index contributed by atoms with van der Waals surface area (Å²) in [5, 5.41) is 12.3. The zero-order valence-corrected chi connectivity index (χ0v) is 15.4. The average molecular weight is 410 g/mol. The minimum absolute atomic E-state index is 0.0146. The van der Waals surface area contributed by atoms with E-state index in [2.05, 4.69) is 45.5 Å². The van der Waals surface area contributed by atoms with Gasteiger partial charge in [-0.15, -0.1) is 0 Å². The maximum Gasteiger partial charge on any atom is 0.411 e. The van der Waals surface area contributed by atoms with Crippen molar-refractivity contribution in [2.45, 2.75) is 5.92 Å². The predicted molar refractivity (Wildman–Crippen MR) is 104 cm³/mol. The van der Waals surface area contributed by atoms with E-state index in [1.807, 2.05) is 24.3 Å². The third-order valence-electron chi connectivity index (χ3n) is 4.56. The second-order valence-electron chi connectivity index (χ2n) is 6.09. The number of ether oxygens (including phenoxy) is 1. The Morgan fingerprint density at radius 2 is 1.58 bits per heavy atom. The summed E-state index contributed by atoms with van der Waals surface area (Å²) >= 11 is 3.25. The zero-order valence-electron chi connectivity index (χ0n) is 13.8. The molecule has 0 saturated carbocycles. The molecule has 0 unspecified atom stereocenters. The number of phenols is 1. The van der Waals surface area contributed by atoms with E-state index in [0.29, 0.717) is 10.2 Å². The number of carbonyl (C=O) groups excluding carboxylic acids is 1. The molecule has 26 heavy (non-hydrogen) atoms.